The molecule has 1 unspecified atom stereocenters. The Morgan fingerprint density at radius 3 is 2.50 bits per heavy atom. The number of ether oxygens (including phenoxy) is 1. The minimum absolute atomic E-state index is 0.0730. The van der Waals surface area contributed by atoms with E-state index in [9.17, 15) is 22.8 Å². The number of benzene rings is 1. The van der Waals surface area contributed by atoms with Crippen molar-refractivity contribution in [2.45, 2.75) is 25.1 Å². The molecule has 0 aliphatic carbocycles. The van der Waals surface area contributed by atoms with Gasteiger partial charge in [-0.05, 0) is 31.0 Å². The second-order valence-corrected chi connectivity index (χ2v) is 6.65. The number of carbonyl (C=O) groups is 2. The van der Waals surface area contributed by atoms with Gasteiger partial charge in [-0.3, -0.25) is 9.59 Å². The summed E-state index contributed by atoms with van der Waals surface area (Å²) in [5, 5.41) is 3.11. The molecule has 1 aromatic carbocycles. The van der Waals surface area contributed by atoms with Crippen LogP contribution in [-0.4, -0.2) is 55.2 Å². The van der Waals surface area contributed by atoms with Crippen LogP contribution in [0.2, 0.25) is 10.0 Å². The van der Waals surface area contributed by atoms with Crippen molar-refractivity contribution < 1.29 is 27.5 Å². The predicted octanol–water partition coefficient (Wildman–Crippen LogP) is 3.29. The van der Waals surface area contributed by atoms with E-state index in [-0.39, 0.29) is 24.6 Å². The van der Waals surface area contributed by atoms with Crippen LogP contribution < -0.4 is 5.32 Å². The van der Waals surface area contributed by atoms with E-state index in [1.807, 2.05) is 0 Å². The Kier molecular flexibility index (Phi) is 7.14. The van der Waals surface area contributed by atoms with Crippen molar-refractivity contribution in [1.82, 2.24) is 10.2 Å². The molecule has 1 heterocycles. The Morgan fingerprint density at radius 1 is 1.23 bits per heavy atom. The van der Waals surface area contributed by atoms with Gasteiger partial charge in [0, 0.05) is 28.7 Å². The number of carbonyl (C=O) groups excluding carboxylic acids is 2. The number of likely N-dealkylation sites (tertiary alicyclic amines) is 1. The maximum absolute atomic E-state index is 12.6. The Balaban J connectivity index is 1.90. The van der Waals surface area contributed by atoms with Gasteiger partial charge in [0.2, 0.25) is 5.91 Å². The summed E-state index contributed by atoms with van der Waals surface area (Å²) < 4.78 is 40.3. The van der Waals surface area contributed by atoms with E-state index in [1.54, 1.807) is 0 Å². The molecule has 0 saturated carbocycles. The molecule has 1 saturated heterocycles. The van der Waals surface area contributed by atoms with E-state index < -0.39 is 24.7 Å². The van der Waals surface area contributed by atoms with E-state index in [0.29, 0.717) is 29.4 Å². The van der Waals surface area contributed by atoms with Gasteiger partial charge in [0.15, 0.2) is 0 Å². The lowest BCUT2D eigenvalue weighted by Crippen LogP contribution is -2.46. The van der Waals surface area contributed by atoms with Crippen LogP contribution in [-0.2, 0) is 9.53 Å². The highest BCUT2D eigenvalue weighted by Crippen LogP contribution is 2.24. The van der Waals surface area contributed by atoms with E-state index >= 15 is 0 Å². The number of nitrogens with zero attached hydrogens (tertiary/aromatic N) is 1. The van der Waals surface area contributed by atoms with Crippen LogP contribution >= 0.6 is 23.2 Å². The zero-order valence-electron chi connectivity index (χ0n) is 13.6. The van der Waals surface area contributed by atoms with E-state index in [1.165, 1.54) is 23.1 Å². The molecule has 0 aromatic heterocycles. The molecule has 5 nitrogen and oxygen atoms in total. The average molecular weight is 413 g/mol. The maximum atomic E-state index is 12.6. The molecule has 26 heavy (non-hydrogen) atoms. The number of hydrogen-bond acceptors (Lipinski definition) is 3. The lowest BCUT2D eigenvalue weighted by molar-refractivity contribution is -0.173. The molecule has 10 heteroatoms. The number of rotatable bonds is 6. The highest BCUT2D eigenvalue weighted by Gasteiger charge is 2.34. The number of halogens is 5. The monoisotopic (exact) mass is 412 g/mol. The van der Waals surface area contributed by atoms with Crippen LogP contribution in [0.5, 0.6) is 0 Å². The first-order valence-corrected chi connectivity index (χ1v) is 8.62. The van der Waals surface area contributed by atoms with Gasteiger partial charge in [0.05, 0.1) is 6.61 Å². The van der Waals surface area contributed by atoms with Gasteiger partial charge in [-0.2, -0.15) is 13.2 Å². The lowest BCUT2D eigenvalue weighted by Gasteiger charge is -2.24. The molecule has 1 aromatic rings. The Bertz CT molecular complexity index is 650. The third kappa shape index (κ3) is 6.03. The standard InChI is InChI=1S/C16H17Cl2F3N2O3/c17-11-6-10(7-12(18)8-11)15(25)23-4-1-2-13(23)14(24)22-3-5-26-9-16(19,20)21/h6-8,13H,1-5,9H2,(H,22,24). The zero-order valence-corrected chi connectivity index (χ0v) is 15.1. The Morgan fingerprint density at radius 2 is 1.88 bits per heavy atom. The molecule has 144 valence electrons. The first kappa shape index (κ1) is 20.8. The van der Waals surface area contributed by atoms with Gasteiger partial charge in [0.1, 0.15) is 12.6 Å². The Hall–Kier alpha value is -1.51. The van der Waals surface area contributed by atoms with E-state index in [4.69, 9.17) is 23.2 Å². The highest BCUT2D eigenvalue weighted by atomic mass is 35.5. The molecule has 1 atom stereocenters. The first-order valence-electron chi connectivity index (χ1n) is 7.86. The maximum Gasteiger partial charge on any atom is 0.411 e. The number of hydrogen-bond donors (Lipinski definition) is 1. The molecule has 2 rings (SSSR count). The lowest BCUT2D eigenvalue weighted by atomic mass is 10.1. The van der Waals surface area contributed by atoms with Crippen LogP contribution in [0.15, 0.2) is 18.2 Å². The van der Waals surface area contributed by atoms with E-state index in [0.717, 1.165) is 0 Å². The molecule has 0 bridgehead atoms. The minimum atomic E-state index is -4.41. The van der Waals surface area contributed by atoms with Gasteiger partial charge in [-0.25, -0.2) is 0 Å². The second kappa shape index (κ2) is 8.92. The summed E-state index contributed by atoms with van der Waals surface area (Å²) in [6, 6.07) is 3.74. The van der Waals surface area contributed by atoms with Gasteiger partial charge >= 0.3 is 6.18 Å². The van der Waals surface area contributed by atoms with Crippen molar-refractivity contribution in [3.05, 3.63) is 33.8 Å². The molecular weight excluding hydrogens is 396 g/mol. The summed E-state index contributed by atoms with van der Waals surface area (Å²) in [7, 11) is 0. The van der Waals surface area contributed by atoms with Crippen molar-refractivity contribution in [3.63, 3.8) is 0 Å². The van der Waals surface area contributed by atoms with Gasteiger partial charge in [-0.1, -0.05) is 23.2 Å². The SMILES string of the molecule is O=C(NCCOCC(F)(F)F)C1CCCN1C(=O)c1cc(Cl)cc(Cl)c1. The zero-order chi connectivity index (χ0) is 19.3. The Labute approximate surface area is 158 Å². The fourth-order valence-corrected chi connectivity index (χ4v) is 3.20. The van der Waals surface area contributed by atoms with Crippen LogP contribution in [0.4, 0.5) is 13.2 Å². The number of nitrogens with one attached hydrogen (secondary N) is 1. The molecule has 1 fully saturated rings. The van der Waals surface area contributed by atoms with Crippen molar-refractivity contribution in [2.24, 2.45) is 0 Å². The van der Waals surface area contributed by atoms with Crippen molar-refractivity contribution >= 4 is 35.0 Å². The highest BCUT2D eigenvalue weighted by molar-refractivity contribution is 6.35. The summed E-state index contributed by atoms with van der Waals surface area (Å²) in [5.74, 6) is -0.806. The quantitative estimate of drug-likeness (QED) is 0.729. The van der Waals surface area contributed by atoms with Gasteiger partial charge in [0.25, 0.3) is 5.91 Å². The molecule has 1 aliphatic rings. The van der Waals surface area contributed by atoms with Crippen LogP contribution in [0.3, 0.4) is 0 Å². The first-order chi connectivity index (χ1) is 12.2. The normalized spacial score (nSPS) is 17.4. The summed E-state index contributed by atoms with van der Waals surface area (Å²) in [5.41, 5.74) is 0.274. The average Bonchev–Trinajstić information content (AvgIpc) is 3.01. The summed E-state index contributed by atoms with van der Waals surface area (Å²) in [6.07, 6.45) is -3.30. The van der Waals surface area contributed by atoms with Gasteiger partial charge < -0.3 is 15.0 Å². The topological polar surface area (TPSA) is 58.6 Å². The summed E-state index contributed by atoms with van der Waals surface area (Å²) in [4.78, 5) is 26.3. The third-order valence-electron chi connectivity index (χ3n) is 3.74. The van der Waals surface area contributed by atoms with Crippen molar-refractivity contribution in [2.75, 3.05) is 26.3 Å². The fraction of sp³-hybridized carbons (Fsp3) is 0.500. The third-order valence-corrected chi connectivity index (χ3v) is 4.17. The second-order valence-electron chi connectivity index (χ2n) is 5.77. The van der Waals surface area contributed by atoms with Gasteiger partial charge in [-0.15, -0.1) is 0 Å². The predicted molar refractivity (Wildman–Crippen MR) is 90.4 cm³/mol. The molecular formula is C16H17Cl2F3N2O3. The largest absolute Gasteiger partial charge is 0.411 e. The molecule has 2 amide bonds. The number of amides is 2. The van der Waals surface area contributed by atoms with Crippen LogP contribution in [0, 0.1) is 0 Å². The molecule has 1 N–H and O–H groups in total. The van der Waals surface area contributed by atoms with E-state index in [2.05, 4.69) is 10.1 Å². The van der Waals surface area contributed by atoms with Crippen LogP contribution in [0.1, 0.15) is 23.2 Å². The number of alkyl halides is 3. The molecule has 0 radical (unpaired) electrons. The van der Waals surface area contributed by atoms with Crippen LogP contribution in [0.25, 0.3) is 0 Å². The summed E-state index contributed by atoms with van der Waals surface area (Å²) in [6.45, 7) is -1.32. The molecule has 1 aliphatic heterocycles. The van der Waals surface area contributed by atoms with Crippen molar-refractivity contribution in [1.29, 1.82) is 0 Å². The molecule has 0 spiro atoms. The van der Waals surface area contributed by atoms with Crippen molar-refractivity contribution in [3.8, 4) is 0 Å². The smallest absolute Gasteiger partial charge is 0.370 e. The minimum Gasteiger partial charge on any atom is -0.370 e. The fourth-order valence-electron chi connectivity index (χ4n) is 2.68. The summed E-state index contributed by atoms with van der Waals surface area (Å²) >= 11 is 11.8.